The second-order valence-corrected chi connectivity index (χ2v) is 6.80. The van der Waals surface area contributed by atoms with Gasteiger partial charge in [-0.1, -0.05) is 30.3 Å². The summed E-state index contributed by atoms with van der Waals surface area (Å²) < 4.78 is 20.7. The Balaban J connectivity index is 2.02. The van der Waals surface area contributed by atoms with Crippen LogP contribution in [0.15, 0.2) is 42.5 Å². The van der Waals surface area contributed by atoms with E-state index in [-0.39, 0.29) is 24.7 Å². The number of esters is 1. The largest absolute Gasteiger partial charge is 0.493 e. The van der Waals surface area contributed by atoms with Crippen molar-refractivity contribution in [2.75, 3.05) is 46.8 Å². The number of benzene rings is 2. The van der Waals surface area contributed by atoms with E-state index in [0.29, 0.717) is 42.6 Å². The van der Waals surface area contributed by atoms with E-state index < -0.39 is 0 Å². The van der Waals surface area contributed by atoms with Crippen LogP contribution in [-0.2, 0) is 20.9 Å². The van der Waals surface area contributed by atoms with E-state index in [1.165, 1.54) is 28.4 Å². The van der Waals surface area contributed by atoms with Crippen LogP contribution in [0.25, 0.3) is 0 Å². The monoisotopic (exact) mass is 430 g/mol. The van der Waals surface area contributed by atoms with Crippen molar-refractivity contribution in [2.24, 2.45) is 0 Å². The molecule has 168 valence electrons. The van der Waals surface area contributed by atoms with Gasteiger partial charge < -0.3 is 24.3 Å². The summed E-state index contributed by atoms with van der Waals surface area (Å²) in [6.07, 6.45) is 0.516. The van der Waals surface area contributed by atoms with Gasteiger partial charge in [0.25, 0.3) is 0 Å². The van der Waals surface area contributed by atoms with E-state index in [4.69, 9.17) is 18.9 Å². The van der Waals surface area contributed by atoms with E-state index >= 15 is 0 Å². The summed E-state index contributed by atoms with van der Waals surface area (Å²) in [7, 11) is 5.93. The van der Waals surface area contributed by atoms with E-state index in [1.807, 2.05) is 30.3 Å². The SMILES string of the molecule is COC(=O)CCN(CCC(=O)Nc1cc(OC)c(OC)c(OC)c1)Cc1ccccc1. The van der Waals surface area contributed by atoms with Crippen LogP contribution in [0.1, 0.15) is 18.4 Å². The number of anilines is 1. The van der Waals surface area contributed by atoms with Crippen molar-refractivity contribution in [1.29, 1.82) is 0 Å². The normalized spacial score (nSPS) is 10.5. The van der Waals surface area contributed by atoms with Gasteiger partial charge in [0.15, 0.2) is 11.5 Å². The molecule has 1 amide bonds. The standard InChI is InChI=1S/C23H30N2O6/c1-28-19-14-18(15-20(29-2)23(19)31-4)24-21(26)10-12-25(13-11-22(27)30-3)16-17-8-6-5-7-9-17/h5-9,14-15H,10-13,16H2,1-4H3,(H,24,26). The lowest BCUT2D eigenvalue weighted by Crippen LogP contribution is -2.30. The summed E-state index contributed by atoms with van der Waals surface area (Å²) in [6, 6.07) is 13.3. The number of methoxy groups -OCH3 is 4. The Morgan fingerprint density at radius 1 is 0.871 bits per heavy atom. The highest BCUT2D eigenvalue weighted by molar-refractivity contribution is 5.91. The molecule has 8 heteroatoms. The molecule has 1 N–H and O–H groups in total. The first-order valence-corrected chi connectivity index (χ1v) is 9.93. The van der Waals surface area contributed by atoms with Crippen LogP contribution in [0.4, 0.5) is 5.69 Å². The van der Waals surface area contributed by atoms with Gasteiger partial charge in [-0.15, -0.1) is 0 Å². The molecule has 0 spiro atoms. The fourth-order valence-corrected chi connectivity index (χ4v) is 3.10. The Hall–Kier alpha value is -3.26. The Morgan fingerprint density at radius 3 is 2.03 bits per heavy atom. The number of amides is 1. The van der Waals surface area contributed by atoms with Gasteiger partial charge in [0.05, 0.1) is 34.9 Å². The van der Waals surface area contributed by atoms with Crippen molar-refractivity contribution in [3.63, 3.8) is 0 Å². The number of ether oxygens (including phenoxy) is 4. The minimum absolute atomic E-state index is 0.162. The lowest BCUT2D eigenvalue weighted by atomic mass is 10.2. The van der Waals surface area contributed by atoms with E-state index in [1.54, 1.807) is 12.1 Å². The predicted molar refractivity (Wildman–Crippen MR) is 118 cm³/mol. The number of nitrogens with zero attached hydrogens (tertiary/aromatic N) is 1. The molecule has 0 aliphatic rings. The van der Waals surface area contributed by atoms with Crippen molar-refractivity contribution in [3.05, 3.63) is 48.0 Å². The molecule has 0 unspecified atom stereocenters. The van der Waals surface area contributed by atoms with E-state index in [9.17, 15) is 9.59 Å². The zero-order valence-corrected chi connectivity index (χ0v) is 18.5. The average molecular weight is 431 g/mol. The molecule has 2 aromatic carbocycles. The minimum Gasteiger partial charge on any atom is -0.493 e. The van der Waals surface area contributed by atoms with Crippen LogP contribution in [0.3, 0.4) is 0 Å². The van der Waals surface area contributed by atoms with Crippen molar-refractivity contribution in [3.8, 4) is 17.2 Å². The molecular weight excluding hydrogens is 400 g/mol. The number of carbonyl (C=O) groups is 2. The first-order valence-electron chi connectivity index (χ1n) is 9.93. The maximum Gasteiger partial charge on any atom is 0.306 e. The third-order valence-corrected chi connectivity index (χ3v) is 4.71. The molecule has 2 aromatic rings. The molecule has 0 atom stereocenters. The zero-order chi connectivity index (χ0) is 22.6. The number of nitrogens with one attached hydrogen (secondary N) is 1. The smallest absolute Gasteiger partial charge is 0.306 e. The summed E-state index contributed by atoms with van der Waals surface area (Å²) in [5.74, 6) is 0.937. The number of rotatable bonds is 12. The Labute approximate surface area is 183 Å². The first kappa shape index (κ1) is 24.0. The third-order valence-electron chi connectivity index (χ3n) is 4.71. The van der Waals surface area contributed by atoms with Gasteiger partial charge in [0, 0.05) is 43.9 Å². The highest BCUT2D eigenvalue weighted by Gasteiger charge is 2.16. The van der Waals surface area contributed by atoms with Crippen LogP contribution in [-0.4, -0.2) is 58.3 Å². The molecule has 0 aliphatic carbocycles. The highest BCUT2D eigenvalue weighted by Crippen LogP contribution is 2.39. The highest BCUT2D eigenvalue weighted by atomic mass is 16.5. The maximum absolute atomic E-state index is 12.6. The zero-order valence-electron chi connectivity index (χ0n) is 18.5. The lowest BCUT2D eigenvalue weighted by molar-refractivity contribution is -0.141. The molecule has 0 saturated heterocycles. The summed E-state index contributed by atoms with van der Waals surface area (Å²) in [5.41, 5.74) is 1.65. The molecule has 8 nitrogen and oxygen atoms in total. The molecule has 0 aliphatic heterocycles. The second-order valence-electron chi connectivity index (χ2n) is 6.80. The molecule has 0 heterocycles. The summed E-state index contributed by atoms with van der Waals surface area (Å²) in [6.45, 7) is 1.62. The summed E-state index contributed by atoms with van der Waals surface area (Å²) >= 11 is 0. The topological polar surface area (TPSA) is 86.3 Å². The van der Waals surface area contributed by atoms with Gasteiger partial charge in [0.1, 0.15) is 0 Å². The lowest BCUT2D eigenvalue weighted by Gasteiger charge is -2.22. The molecule has 2 rings (SSSR count). The number of carbonyl (C=O) groups excluding carboxylic acids is 2. The first-order chi connectivity index (χ1) is 15.0. The Bertz CT molecular complexity index is 831. The number of hydrogen-bond acceptors (Lipinski definition) is 7. The average Bonchev–Trinajstić information content (AvgIpc) is 2.80. The molecule has 0 bridgehead atoms. The summed E-state index contributed by atoms with van der Waals surface area (Å²) in [4.78, 5) is 26.2. The fourth-order valence-electron chi connectivity index (χ4n) is 3.10. The van der Waals surface area contributed by atoms with Crippen LogP contribution in [0.2, 0.25) is 0 Å². The molecule has 0 aromatic heterocycles. The van der Waals surface area contributed by atoms with Crippen LogP contribution >= 0.6 is 0 Å². The van der Waals surface area contributed by atoms with E-state index in [2.05, 4.69) is 10.2 Å². The minimum atomic E-state index is -0.278. The van der Waals surface area contributed by atoms with E-state index in [0.717, 1.165) is 5.56 Å². The van der Waals surface area contributed by atoms with Gasteiger partial charge in [-0.25, -0.2) is 0 Å². The van der Waals surface area contributed by atoms with Crippen molar-refractivity contribution in [2.45, 2.75) is 19.4 Å². The Morgan fingerprint density at radius 2 is 1.48 bits per heavy atom. The van der Waals surface area contributed by atoms with Crippen LogP contribution in [0.5, 0.6) is 17.2 Å². The molecular formula is C23H30N2O6. The Kier molecular flexibility index (Phi) is 9.64. The third kappa shape index (κ3) is 7.49. The molecule has 31 heavy (non-hydrogen) atoms. The van der Waals surface area contributed by atoms with Crippen LogP contribution in [0, 0.1) is 0 Å². The molecule has 0 radical (unpaired) electrons. The molecule has 0 saturated carbocycles. The number of hydrogen-bond donors (Lipinski definition) is 1. The van der Waals surface area contributed by atoms with Crippen molar-refractivity contribution >= 4 is 17.6 Å². The molecule has 0 fully saturated rings. The van der Waals surface area contributed by atoms with Gasteiger partial charge in [-0.05, 0) is 5.56 Å². The van der Waals surface area contributed by atoms with Gasteiger partial charge in [0.2, 0.25) is 11.7 Å². The van der Waals surface area contributed by atoms with Gasteiger partial charge in [-0.3, -0.25) is 14.5 Å². The van der Waals surface area contributed by atoms with Crippen LogP contribution < -0.4 is 19.5 Å². The fraction of sp³-hybridized carbons (Fsp3) is 0.391. The van der Waals surface area contributed by atoms with Gasteiger partial charge in [-0.2, -0.15) is 0 Å². The predicted octanol–water partition coefficient (Wildman–Crippen LogP) is 3.11. The second kappa shape index (κ2) is 12.4. The maximum atomic E-state index is 12.6. The quantitative estimate of drug-likeness (QED) is 0.518. The van der Waals surface area contributed by atoms with Gasteiger partial charge >= 0.3 is 5.97 Å². The van der Waals surface area contributed by atoms with Crippen molar-refractivity contribution in [1.82, 2.24) is 4.90 Å². The van der Waals surface area contributed by atoms with Crippen molar-refractivity contribution < 1.29 is 28.5 Å². The summed E-state index contributed by atoms with van der Waals surface area (Å²) in [5, 5.41) is 2.87.